The Hall–Kier alpha value is -0.0800. The van der Waals surface area contributed by atoms with Gasteiger partial charge in [-0.3, -0.25) is 0 Å². The lowest BCUT2D eigenvalue weighted by atomic mass is 10.2. The summed E-state index contributed by atoms with van der Waals surface area (Å²) in [5.74, 6) is 1.60. The summed E-state index contributed by atoms with van der Waals surface area (Å²) in [6.45, 7) is 6.36. The van der Waals surface area contributed by atoms with Gasteiger partial charge in [0.25, 0.3) is 0 Å². The lowest BCUT2D eigenvalue weighted by Crippen LogP contribution is -2.28. The molecule has 12 heavy (non-hydrogen) atoms. The second kappa shape index (κ2) is 4.83. The molecular formula is C10H22N2. The molecule has 2 nitrogen and oxygen atoms in total. The van der Waals surface area contributed by atoms with Crippen LogP contribution in [0.1, 0.15) is 33.1 Å². The topological polar surface area (TPSA) is 38.0 Å². The molecule has 0 heterocycles. The molecule has 3 N–H and O–H groups in total. The van der Waals surface area contributed by atoms with Crippen molar-refractivity contribution < 1.29 is 0 Å². The van der Waals surface area contributed by atoms with Crippen molar-refractivity contribution in [1.29, 1.82) is 0 Å². The predicted octanol–water partition coefficient (Wildman–Crippen LogP) is 1.36. The van der Waals surface area contributed by atoms with Crippen LogP contribution < -0.4 is 11.1 Å². The summed E-state index contributed by atoms with van der Waals surface area (Å²) in [7, 11) is 0. The van der Waals surface area contributed by atoms with Crippen molar-refractivity contribution in [2.75, 3.05) is 13.1 Å². The van der Waals surface area contributed by atoms with Gasteiger partial charge in [0.1, 0.15) is 0 Å². The van der Waals surface area contributed by atoms with E-state index in [0.717, 1.165) is 25.0 Å². The molecule has 1 rings (SSSR count). The minimum absolute atomic E-state index is 0.632. The lowest BCUT2D eigenvalue weighted by Gasteiger charge is -2.09. The number of hydrogen-bond donors (Lipinski definition) is 2. The van der Waals surface area contributed by atoms with Gasteiger partial charge in [0.15, 0.2) is 0 Å². The van der Waals surface area contributed by atoms with E-state index in [1.165, 1.54) is 19.3 Å². The van der Waals surface area contributed by atoms with Crippen LogP contribution in [-0.4, -0.2) is 19.1 Å². The normalized spacial score (nSPS) is 30.2. The number of rotatable bonds is 6. The molecule has 0 aromatic carbocycles. The molecular weight excluding hydrogens is 148 g/mol. The highest BCUT2D eigenvalue weighted by atomic mass is 15.0. The van der Waals surface area contributed by atoms with Crippen LogP contribution >= 0.6 is 0 Å². The Bertz CT molecular complexity index is 125. The minimum atomic E-state index is 0.632. The largest absolute Gasteiger partial charge is 0.330 e. The van der Waals surface area contributed by atoms with E-state index in [1.807, 2.05) is 0 Å². The molecule has 3 atom stereocenters. The maximum atomic E-state index is 5.53. The maximum absolute atomic E-state index is 5.53. The third-order valence-corrected chi connectivity index (χ3v) is 2.71. The molecule has 0 bridgehead atoms. The van der Waals surface area contributed by atoms with Gasteiger partial charge in [0, 0.05) is 6.04 Å². The van der Waals surface area contributed by atoms with Crippen molar-refractivity contribution in [2.24, 2.45) is 17.6 Å². The Morgan fingerprint density at radius 3 is 2.92 bits per heavy atom. The van der Waals surface area contributed by atoms with Crippen LogP contribution in [-0.2, 0) is 0 Å². The monoisotopic (exact) mass is 170 g/mol. The molecule has 1 aliphatic carbocycles. The van der Waals surface area contributed by atoms with Crippen LogP contribution in [0.3, 0.4) is 0 Å². The Kier molecular flexibility index (Phi) is 4.02. The van der Waals surface area contributed by atoms with Gasteiger partial charge in [0.2, 0.25) is 0 Å². The standard InChI is InChI=1S/C10H22N2/c1-3-4-9-5-10(9)12-7-8(2)6-11/h8-10,12H,3-7,11H2,1-2H3. The van der Waals surface area contributed by atoms with E-state index < -0.39 is 0 Å². The van der Waals surface area contributed by atoms with Crippen LogP contribution in [0.25, 0.3) is 0 Å². The molecule has 3 unspecified atom stereocenters. The van der Waals surface area contributed by atoms with Gasteiger partial charge in [-0.25, -0.2) is 0 Å². The molecule has 1 saturated carbocycles. The summed E-state index contributed by atoms with van der Waals surface area (Å²) in [5, 5.41) is 3.56. The Balaban J connectivity index is 1.96. The van der Waals surface area contributed by atoms with E-state index in [0.29, 0.717) is 5.92 Å². The highest BCUT2D eigenvalue weighted by Gasteiger charge is 2.35. The van der Waals surface area contributed by atoms with Crippen molar-refractivity contribution >= 4 is 0 Å². The van der Waals surface area contributed by atoms with Crippen LogP contribution in [0.15, 0.2) is 0 Å². The predicted molar refractivity (Wildman–Crippen MR) is 53.0 cm³/mol. The molecule has 2 heteroatoms. The Labute approximate surface area is 75.9 Å². The number of hydrogen-bond acceptors (Lipinski definition) is 2. The first-order chi connectivity index (χ1) is 5.77. The first-order valence-corrected chi connectivity index (χ1v) is 5.21. The SMILES string of the molecule is CCCC1CC1NCC(C)CN. The lowest BCUT2D eigenvalue weighted by molar-refractivity contribution is 0.501. The van der Waals surface area contributed by atoms with Gasteiger partial charge in [-0.2, -0.15) is 0 Å². The summed E-state index contributed by atoms with van der Waals surface area (Å²) < 4.78 is 0. The third kappa shape index (κ3) is 3.11. The second-order valence-corrected chi connectivity index (χ2v) is 4.14. The van der Waals surface area contributed by atoms with Crippen molar-refractivity contribution in [1.82, 2.24) is 5.32 Å². The highest BCUT2D eigenvalue weighted by molar-refractivity contribution is 4.92. The molecule has 1 aliphatic rings. The van der Waals surface area contributed by atoms with Crippen molar-refractivity contribution in [2.45, 2.75) is 39.2 Å². The summed E-state index contributed by atoms with van der Waals surface area (Å²) in [6.07, 6.45) is 4.12. The first kappa shape index (κ1) is 10.0. The zero-order chi connectivity index (χ0) is 8.97. The van der Waals surface area contributed by atoms with Crippen molar-refractivity contribution in [3.05, 3.63) is 0 Å². The van der Waals surface area contributed by atoms with Gasteiger partial charge in [-0.1, -0.05) is 20.3 Å². The van der Waals surface area contributed by atoms with Gasteiger partial charge < -0.3 is 11.1 Å². The van der Waals surface area contributed by atoms with Crippen molar-refractivity contribution in [3.63, 3.8) is 0 Å². The number of nitrogens with one attached hydrogen (secondary N) is 1. The van der Waals surface area contributed by atoms with Crippen LogP contribution in [0.4, 0.5) is 0 Å². The minimum Gasteiger partial charge on any atom is -0.330 e. The zero-order valence-electron chi connectivity index (χ0n) is 8.34. The molecule has 0 aliphatic heterocycles. The van der Waals surface area contributed by atoms with Crippen LogP contribution in [0, 0.1) is 11.8 Å². The van der Waals surface area contributed by atoms with E-state index in [4.69, 9.17) is 5.73 Å². The van der Waals surface area contributed by atoms with Crippen molar-refractivity contribution in [3.8, 4) is 0 Å². The molecule has 0 spiro atoms. The van der Waals surface area contributed by atoms with Gasteiger partial charge in [-0.05, 0) is 37.8 Å². The van der Waals surface area contributed by atoms with Gasteiger partial charge >= 0.3 is 0 Å². The first-order valence-electron chi connectivity index (χ1n) is 5.21. The summed E-state index contributed by atoms with van der Waals surface area (Å²) in [5.41, 5.74) is 5.53. The van der Waals surface area contributed by atoms with Gasteiger partial charge in [-0.15, -0.1) is 0 Å². The summed E-state index contributed by atoms with van der Waals surface area (Å²) >= 11 is 0. The Morgan fingerprint density at radius 1 is 1.58 bits per heavy atom. The number of nitrogens with two attached hydrogens (primary N) is 1. The van der Waals surface area contributed by atoms with E-state index in [-0.39, 0.29) is 0 Å². The van der Waals surface area contributed by atoms with Crippen LogP contribution in [0.5, 0.6) is 0 Å². The summed E-state index contributed by atoms with van der Waals surface area (Å²) in [4.78, 5) is 0. The second-order valence-electron chi connectivity index (χ2n) is 4.14. The molecule has 1 fully saturated rings. The molecule has 72 valence electrons. The maximum Gasteiger partial charge on any atom is 0.00992 e. The average Bonchev–Trinajstić information content (AvgIpc) is 2.80. The smallest absolute Gasteiger partial charge is 0.00992 e. The van der Waals surface area contributed by atoms with E-state index in [1.54, 1.807) is 0 Å². The van der Waals surface area contributed by atoms with Gasteiger partial charge in [0.05, 0.1) is 0 Å². The molecule has 0 aromatic heterocycles. The quantitative estimate of drug-likeness (QED) is 0.631. The fourth-order valence-electron chi connectivity index (χ4n) is 1.62. The Morgan fingerprint density at radius 2 is 2.33 bits per heavy atom. The van der Waals surface area contributed by atoms with E-state index >= 15 is 0 Å². The molecule has 0 amide bonds. The molecule has 0 radical (unpaired) electrons. The van der Waals surface area contributed by atoms with E-state index in [2.05, 4.69) is 19.2 Å². The van der Waals surface area contributed by atoms with E-state index in [9.17, 15) is 0 Å². The fraction of sp³-hybridized carbons (Fsp3) is 1.00. The highest BCUT2D eigenvalue weighted by Crippen LogP contribution is 2.34. The zero-order valence-corrected chi connectivity index (χ0v) is 8.34. The molecule has 0 aromatic rings. The van der Waals surface area contributed by atoms with Crippen LogP contribution in [0.2, 0.25) is 0 Å². The fourth-order valence-corrected chi connectivity index (χ4v) is 1.62. The summed E-state index contributed by atoms with van der Waals surface area (Å²) in [6, 6.07) is 0.818. The average molecular weight is 170 g/mol. The third-order valence-electron chi connectivity index (χ3n) is 2.71. The molecule has 0 saturated heterocycles.